The van der Waals surface area contributed by atoms with Crippen LogP contribution in [0.2, 0.25) is 0 Å². The summed E-state index contributed by atoms with van der Waals surface area (Å²) in [4.78, 5) is 15.6. The van der Waals surface area contributed by atoms with Crippen LogP contribution in [0, 0.1) is 0 Å². The second-order valence-electron chi connectivity index (χ2n) is 4.91. The third-order valence-electron chi connectivity index (χ3n) is 3.55. The van der Waals surface area contributed by atoms with Gasteiger partial charge in [0.1, 0.15) is 11.3 Å². The van der Waals surface area contributed by atoms with E-state index < -0.39 is 0 Å². The number of hydrogen-bond acceptors (Lipinski definition) is 5. The molecule has 100 valence electrons. The largest absolute Gasteiger partial charge is 0.352 e. The summed E-state index contributed by atoms with van der Waals surface area (Å²) in [5, 5.41) is 3.42. The molecular weight excluding hydrogens is 238 g/mol. The van der Waals surface area contributed by atoms with Crippen LogP contribution in [0.15, 0.2) is 24.5 Å². The number of nitrogens with one attached hydrogen (secondary N) is 1. The quantitative estimate of drug-likeness (QED) is 0.901. The number of fused-ring (bicyclic) bond motifs is 1. The summed E-state index contributed by atoms with van der Waals surface area (Å²) < 4.78 is 0. The van der Waals surface area contributed by atoms with Crippen LogP contribution in [-0.4, -0.2) is 40.6 Å². The number of rotatable bonds is 4. The van der Waals surface area contributed by atoms with Crippen LogP contribution < -0.4 is 10.2 Å². The van der Waals surface area contributed by atoms with Gasteiger partial charge in [0.15, 0.2) is 5.65 Å². The summed E-state index contributed by atoms with van der Waals surface area (Å²) in [6, 6.07) is 4.61. The van der Waals surface area contributed by atoms with Crippen LogP contribution in [0.1, 0.15) is 19.8 Å². The zero-order chi connectivity index (χ0) is 13.1. The highest BCUT2D eigenvalue weighted by atomic mass is 15.2. The number of anilines is 1. The summed E-state index contributed by atoms with van der Waals surface area (Å²) in [5.41, 5.74) is 1.58. The molecule has 0 amide bonds. The van der Waals surface area contributed by atoms with Crippen molar-refractivity contribution < 1.29 is 0 Å². The lowest BCUT2D eigenvalue weighted by molar-refractivity contribution is 0.619. The first-order valence-corrected chi connectivity index (χ1v) is 6.93. The van der Waals surface area contributed by atoms with E-state index >= 15 is 0 Å². The third-order valence-corrected chi connectivity index (χ3v) is 3.55. The van der Waals surface area contributed by atoms with Crippen molar-refractivity contribution in [1.82, 2.24) is 20.3 Å². The van der Waals surface area contributed by atoms with Gasteiger partial charge in [0.05, 0.1) is 0 Å². The van der Waals surface area contributed by atoms with Gasteiger partial charge in [0.25, 0.3) is 0 Å². The van der Waals surface area contributed by atoms with Crippen molar-refractivity contribution >= 4 is 17.0 Å². The molecule has 1 fully saturated rings. The molecule has 1 unspecified atom stereocenters. The first-order chi connectivity index (χ1) is 9.38. The second kappa shape index (κ2) is 5.48. The van der Waals surface area contributed by atoms with Crippen molar-refractivity contribution in [3.8, 4) is 0 Å². The monoisotopic (exact) mass is 257 g/mol. The lowest BCUT2D eigenvalue weighted by atomic mass is 10.2. The van der Waals surface area contributed by atoms with E-state index in [1.54, 1.807) is 12.4 Å². The van der Waals surface area contributed by atoms with Crippen molar-refractivity contribution in [3.05, 3.63) is 24.5 Å². The Hall–Kier alpha value is -1.75. The molecule has 0 saturated carbocycles. The van der Waals surface area contributed by atoms with Gasteiger partial charge in [-0.25, -0.2) is 9.97 Å². The molecule has 0 bridgehead atoms. The van der Waals surface area contributed by atoms with E-state index in [1.165, 1.54) is 6.42 Å². The standard InChI is InChI=1S/C14H19N5/c1-2-9-19(11-5-6-15-10-11)13-4-3-12-14(18-13)17-8-7-16-12/h3-4,7-8,11,15H,2,5-6,9-10H2,1H3. The summed E-state index contributed by atoms with van der Waals surface area (Å²) in [6.07, 6.45) is 5.70. The molecule has 2 aromatic rings. The summed E-state index contributed by atoms with van der Waals surface area (Å²) in [7, 11) is 0. The third kappa shape index (κ3) is 2.51. The predicted molar refractivity (Wildman–Crippen MR) is 76.2 cm³/mol. The molecule has 3 rings (SSSR count). The van der Waals surface area contributed by atoms with Gasteiger partial charge in [-0.2, -0.15) is 0 Å². The van der Waals surface area contributed by atoms with E-state index in [1.807, 2.05) is 6.07 Å². The lowest BCUT2D eigenvalue weighted by Gasteiger charge is -2.29. The molecule has 1 N–H and O–H groups in total. The molecule has 19 heavy (non-hydrogen) atoms. The van der Waals surface area contributed by atoms with Crippen LogP contribution in [0.4, 0.5) is 5.82 Å². The van der Waals surface area contributed by atoms with Crippen LogP contribution in [-0.2, 0) is 0 Å². The topological polar surface area (TPSA) is 53.9 Å². The molecule has 0 radical (unpaired) electrons. The van der Waals surface area contributed by atoms with Gasteiger partial charge in [0, 0.05) is 31.5 Å². The van der Waals surface area contributed by atoms with Crippen LogP contribution >= 0.6 is 0 Å². The Morgan fingerprint density at radius 3 is 3.00 bits per heavy atom. The van der Waals surface area contributed by atoms with Gasteiger partial charge < -0.3 is 10.2 Å². The van der Waals surface area contributed by atoms with Crippen molar-refractivity contribution in [1.29, 1.82) is 0 Å². The molecule has 1 saturated heterocycles. The fourth-order valence-corrected chi connectivity index (χ4v) is 2.63. The molecular formula is C14H19N5. The number of hydrogen-bond donors (Lipinski definition) is 1. The minimum atomic E-state index is 0.543. The molecule has 5 nitrogen and oxygen atoms in total. The Bertz CT molecular complexity index is 550. The van der Waals surface area contributed by atoms with Crippen molar-refractivity contribution in [2.75, 3.05) is 24.5 Å². The van der Waals surface area contributed by atoms with Crippen LogP contribution in [0.25, 0.3) is 11.2 Å². The highest BCUT2D eigenvalue weighted by Gasteiger charge is 2.23. The smallest absolute Gasteiger partial charge is 0.180 e. The molecule has 2 aromatic heterocycles. The van der Waals surface area contributed by atoms with Gasteiger partial charge in [-0.15, -0.1) is 0 Å². The Morgan fingerprint density at radius 1 is 1.32 bits per heavy atom. The molecule has 0 aliphatic carbocycles. The zero-order valence-electron chi connectivity index (χ0n) is 11.2. The average Bonchev–Trinajstić information content (AvgIpc) is 2.98. The normalized spacial score (nSPS) is 18.9. The van der Waals surface area contributed by atoms with Gasteiger partial charge in [-0.1, -0.05) is 6.92 Å². The van der Waals surface area contributed by atoms with Crippen molar-refractivity contribution in [2.45, 2.75) is 25.8 Å². The van der Waals surface area contributed by atoms with Gasteiger partial charge in [0.2, 0.25) is 0 Å². The molecule has 1 aliphatic rings. The summed E-state index contributed by atoms with van der Waals surface area (Å²) in [6.45, 7) is 5.37. The van der Waals surface area contributed by atoms with Crippen LogP contribution in [0.5, 0.6) is 0 Å². The Morgan fingerprint density at radius 2 is 2.21 bits per heavy atom. The fourth-order valence-electron chi connectivity index (χ4n) is 2.63. The molecule has 0 aromatic carbocycles. The maximum Gasteiger partial charge on any atom is 0.180 e. The number of nitrogens with zero attached hydrogens (tertiary/aromatic N) is 4. The van der Waals surface area contributed by atoms with E-state index in [0.29, 0.717) is 6.04 Å². The van der Waals surface area contributed by atoms with E-state index in [4.69, 9.17) is 0 Å². The SMILES string of the molecule is CCCN(c1ccc2nccnc2n1)C1CCNC1. The molecule has 5 heteroatoms. The fraction of sp³-hybridized carbons (Fsp3) is 0.500. The van der Waals surface area contributed by atoms with Gasteiger partial charge in [-0.3, -0.25) is 4.98 Å². The Balaban J connectivity index is 1.94. The molecule has 0 spiro atoms. The van der Waals surface area contributed by atoms with E-state index in [0.717, 1.165) is 43.0 Å². The predicted octanol–water partition coefficient (Wildman–Crippen LogP) is 1.60. The van der Waals surface area contributed by atoms with Gasteiger partial charge in [-0.05, 0) is 31.5 Å². The lowest BCUT2D eigenvalue weighted by Crippen LogP contribution is -2.38. The Labute approximate surface area is 113 Å². The second-order valence-corrected chi connectivity index (χ2v) is 4.91. The number of aromatic nitrogens is 3. The van der Waals surface area contributed by atoms with Crippen LogP contribution in [0.3, 0.4) is 0 Å². The zero-order valence-corrected chi connectivity index (χ0v) is 11.2. The average molecular weight is 257 g/mol. The van der Waals surface area contributed by atoms with Crippen molar-refractivity contribution in [3.63, 3.8) is 0 Å². The molecule has 1 aliphatic heterocycles. The first-order valence-electron chi connectivity index (χ1n) is 6.93. The highest BCUT2D eigenvalue weighted by Crippen LogP contribution is 2.20. The maximum atomic E-state index is 4.66. The first kappa shape index (κ1) is 12.3. The van der Waals surface area contributed by atoms with E-state index in [-0.39, 0.29) is 0 Å². The van der Waals surface area contributed by atoms with Crippen molar-refractivity contribution in [2.24, 2.45) is 0 Å². The summed E-state index contributed by atoms with van der Waals surface area (Å²) in [5.74, 6) is 1.02. The minimum Gasteiger partial charge on any atom is -0.352 e. The minimum absolute atomic E-state index is 0.543. The van der Waals surface area contributed by atoms with E-state index in [2.05, 4.69) is 38.2 Å². The maximum absolute atomic E-state index is 4.66. The highest BCUT2D eigenvalue weighted by molar-refractivity contribution is 5.71. The Kier molecular flexibility index (Phi) is 3.55. The summed E-state index contributed by atoms with van der Waals surface area (Å²) >= 11 is 0. The van der Waals surface area contributed by atoms with E-state index in [9.17, 15) is 0 Å². The molecule has 3 heterocycles. The number of pyridine rings is 1. The molecule has 1 atom stereocenters. The van der Waals surface area contributed by atoms with Gasteiger partial charge >= 0.3 is 0 Å².